The van der Waals surface area contributed by atoms with Gasteiger partial charge in [0.2, 0.25) is 5.78 Å². The summed E-state index contributed by atoms with van der Waals surface area (Å²) in [7, 11) is 1.38. The summed E-state index contributed by atoms with van der Waals surface area (Å²) in [5.41, 5.74) is 0.821. The van der Waals surface area contributed by atoms with Crippen molar-refractivity contribution in [2.45, 2.75) is 6.92 Å². The number of hydrogen-bond donors (Lipinski definition) is 0. The Balaban J connectivity index is 2.56. The number of ether oxygens (including phenoxy) is 1. The van der Waals surface area contributed by atoms with Crippen LogP contribution < -0.4 is 0 Å². The van der Waals surface area contributed by atoms with E-state index in [4.69, 9.17) is 4.74 Å². The average Bonchev–Trinajstić information content (AvgIpc) is 2.45. The molecule has 0 saturated heterocycles. The van der Waals surface area contributed by atoms with Crippen LogP contribution in [0, 0.1) is 0 Å². The standard InChI is InChI=1S/C15H17NO4/c1-3-20-14(18)11-16(2)15(19)13(17)10-9-12-7-5-4-6-8-12/h4-10H,3,11H2,1-2H3/b10-9+. The Morgan fingerprint density at radius 1 is 1.20 bits per heavy atom. The Hall–Kier alpha value is -2.43. The number of carbonyl (C=O) groups excluding carboxylic acids is 3. The lowest BCUT2D eigenvalue weighted by Gasteiger charge is -2.13. The lowest BCUT2D eigenvalue weighted by molar-refractivity contribution is -0.150. The number of likely N-dealkylation sites (N-methyl/N-ethyl adjacent to an activating group) is 1. The van der Waals surface area contributed by atoms with Gasteiger partial charge in [0.05, 0.1) is 6.61 Å². The summed E-state index contributed by atoms with van der Waals surface area (Å²) in [5, 5.41) is 0. The van der Waals surface area contributed by atoms with E-state index < -0.39 is 17.7 Å². The fourth-order valence-electron chi connectivity index (χ4n) is 1.47. The molecule has 1 rings (SSSR count). The van der Waals surface area contributed by atoms with E-state index in [1.165, 1.54) is 13.1 Å². The number of amides is 1. The SMILES string of the molecule is CCOC(=O)CN(C)C(=O)C(=O)/C=C/c1ccccc1. The second-order valence-corrected chi connectivity index (χ2v) is 4.07. The number of rotatable bonds is 6. The smallest absolute Gasteiger partial charge is 0.325 e. The summed E-state index contributed by atoms with van der Waals surface area (Å²) >= 11 is 0. The number of benzene rings is 1. The molecule has 0 fully saturated rings. The largest absolute Gasteiger partial charge is 0.465 e. The highest BCUT2D eigenvalue weighted by atomic mass is 16.5. The van der Waals surface area contributed by atoms with E-state index in [-0.39, 0.29) is 13.2 Å². The average molecular weight is 275 g/mol. The van der Waals surface area contributed by atoms with Crippen molar-refractivity contribution in [3.63, 3.8) is 0 Å². The molecule has 1 aromatic carbocycles. The summed E-state index contributed by atoms with van der Waals surface area (Å²) in [6.45, 7) is 1.67. The fourth-order valence-corrected chi connectivity index (χ4v) is 1.47. The zero-order valence-corrected chi connectivity index (χ0v) is 11.5. The van der Waals surface area contributed by atoms with Crippen LogP contribution in [0.25, 0.3) is 6.08 Å². The first-order valence-electron chi connectivity index (χ1n) is 6.22. The molecule has 0 aliphatic heterocycles. The monoisotopic (exact) mass is 275 g/mol. The Morgan fingerprint density at radius 2 is 1.85 bits per heavy atom. The molecule has 106 valence electrons. The van der Waals surface area contributed by atoms with Gasteiger partial charge in [-0.25, -0.2) is 0 Å². The van der Waals surface area contributed by atoms with Gasteiger partial charge in [0.25, 0.3) is 5.91 Å². The van der Waals surface area contributed by atoms with Gasteiger partial charge in [-0.2, -0.15) is 0 Å². The predicted molar refractivity (Wildman–Crippen MR) is 74.8 cm³/mol. The highest BCUT2D eigenvalue weighted by molar-refractivity contribution is 6.41. The van der Waals surface area contributed by atoms with Gasteiger partial charge < -0.3 is 9.64 Å². The first-order chi connectivity index (χ1) is 9.54. The minimum absolute atomic E-state index is 0.239. The van der Waals surface area contributed by atoms with Crippen LogP contribution in [0.4, 0.5) is 0 Å². The first-order valence-corrected chi connectivity index (χ1v) is 6.22. The molecule has 1 amide bonds. The molecule has 1 aromatic rings. The van der Waals surface area contributed by atoms with Crippen LogP contribution in [-0.2, 0) is 19.1 Å². The van der Waals surface area contributed by atoms with Crippen LogP contribution in [0.1, 0.15) is 12.5 Å². The van der Waals surface area contributed by atoms with E-state index in [0.717, 1.165) is 10.5 Å². The van der Waals surface area contributed by atoms with Gasteiger partial charge in [-0.15, -0.1) is 0 Å². The molecular formula is C15H17NO4. The third-order valence-corrected chi connectivity index (χ3v) is 2.46. The number of ketones is 1. The van der Waals surface area contributed by atoms with Crippen LogP contribution in [0.3, 0.4) is 0 Å². The Morgan fingerprint density at radius 3 is 2.45 bits per heavy atom. The lowest BCUT2D eigenvalue weighted by atomic mass is 10.2. The second kappa shape index (κ2) is 7.89. The van der Waals surface area contributed by atoms with Gasteiger partial charge >= 0.3 is 5.97 Å². The fraction of sp³-hybridized carbons (Fsp3) is 0.267. The number of carbonyl (C=O) groups is 3. The van der Waals surface area contributed by atoms with Crippen LogP contribution >= 0.6 is 0 Å². The molecule has 0 N–H and O–H groups in total. The summed E-state index contributed by atoms with van der Waals surface area (Å²) in [4.78, 5) is 35.6. The zero-order valence-electron chi connectivity index (χ0n) is 11.5. The Bertz CT molecular complexity index is 508. The molecule has 5 heteroatoms. The normalized spacial score (nSPS) is 10.3. The van der Waals surface area contributed by atoms with E-state index in [1.54, 1.807) is 13.0 Å². The van der Waals surface area contributed by atoms with Gasteiger partial charge in [0.1, 0.15) is 6.54 Å². The predicted octanol–water partition coefficient (Wildman–Crippen LogP) is 1.29. The highest BCUT2D eigenvalue weighted by Gasteiger charge is 2.18. The molecule has 0 unspecified atom stereocenters. The van der Waals surface area contributed by atoms with Crippen molar-refractivity contribution < 1.29 is 19.1 Å². The molecule has 0 atom stereocenters. The zero-order chi connectivity index (χ0) is 15.0. The molecule has 0 aliphatic rings. The third-order valence-electron chi connectivity index (χ3n) is 2.46. The molecule has 0 bridgehead atoms. The van der Waals surface area contributed by atoms with Crippen LogP contribution in [0.2, 0.25) is 0 Å². The van der Waals surface area contributed by atoms with Crippen LogP contribution in [0.5, 0.6) is 0 Å². The molecule has 0 aromatic heterocycles. The van der Waals surface area contributed by atoms with Crippen molar-refractivity contribution in [2.24, 2.45) is 0 Å². The van der Waals surface area contributed by atoms with E-state index >= 15 is 0 Å². The quantitative estimate of drug-likeness (QED) is 0.446. The van der Waals surface area contributed by atoms with Crippen molar-refractivity contribution in [1.29, 1.82) is 0 Å². The minimum atomic E-state index is -0.745. The van der Waals surface area contributed by atoms with Crippen molar-refractivity contribution in [1.82, 2.24) is 4.90 Å². The van der Waals surface area contributed by atoms with E-state index in [0.29, 0.717) is 0 Å². The molecule has 0 saturated carbocycles. The van der Waals surface area contributed by atoms with Gasteiger partial charge in [-0.3, -0.25) is 14.4 Å². The Kier molecular flexibility index (Phi) is 6.16. The van der Waals surface area contributed by atoms with E-state index in [9.17, 15) is 14.4 Å². The van der Waals surface area contributed by atoms with Crippen LogP contribution in [0.15, 0.2) is 36.4 Å². The van der Waals surface area contributed by atoms with Gasteiger partial charge in [-0.1, -0.05) is 36.4 Å². The lowest BCUT2D eigenvalue weighted by Crippen LogP contribution is -2.36. The molecule has 5 nitrogen and oxygen atoms in total. The topological polar surface area (TPSA) is 63.7 Å². The first kappa shape index (κ1) is 15.6. The number of nitrogens with zero attached hydrogens (tertiary/aromatic N) is 1. The van der Waals surface area contributed by atoms with E-state index in [1.807, 2.05) is 30.3 Å². The maximum atomic E-state index is 11.7. The summed E-state index contributed by atoms with van der Waals surface area (Å²) in [6.07, 6.45) is 2.75. The summed E-state index contributed by atoms with van der Waals surface area (Å²) < 4.78 is 4.71. The van der Waals surface area contributed by atoms with Crippen molar-refractivity contribution in [3.05, 3.63) is 42.0 Å². The number of hydrogen-bond acceptors (Lipinski definition) is 4. The maximum Gasteiger partial charge on any atom is 0.325 e. The van der Waals surface area contributed by atoms with Crippen molar-refractivity contribution >= 4 is 23.7 Å². The molecule has 0 aliphatic carbocycles. The molecule has 0 spiro atoms. The van der Waals surface area contributed by atoms with Crippen molar-refractivity contribution in [3.8, 4) is 0 Å². The van der Waals surface area contributed by atoms with Gasteiger partial charge in [0, 0.05) is 7.05 Å². The second-order valence-electron chi connectivity index (χ2n) is 4.07. The molecule has 20 heavy (non-hydrogen) atoms. The van der Waals surface area contributed by atoms with Crippen molar-refractivity contribution in [2.75, 3.05) is 20.2 Å². The molecular weight excluding hydrogens is 258 g/mol. The number of esters is 1. The summed E-state index contributed by atoms with van der Waals surface area (Å²) in [5.74, 6) is -1.96. The minimum Gasteiger partial charge on any atom is -0.465 e. The highest BCUT2D eigenvalue weighted by Crippen LogP contribution is 2.01. The Labute approximate surface area is 117 Å². The van der Waals surface area contributed by atoms with Crippen LogP contribution in [-0.4, -0.2) is 42.8 Å². The third kappa shape index (κ3) is 5.06. The van der Waals surface area contributed by atoms with E-state index in [2.05, 4.69) is 0 Å². The molecule has 0 heterocycles. The van der Waals surface area contributed by atoms with Gasteiger partial charge in [-0.05, 0) is 18.6 Å². The van der Waals surface area contributed by atoms with Gasteiger partial charge in [0.15, 0.2) is 0 Å². The maximum absolute atomic E-state index is 11.7. The molecule has 0 radical (unpaired) electrons. The summed E-state index contributed by atoms with van der Waals surface area (Å²) in [6, 6.07) is 9.16.